The van der Waals surface area contributed by atoms with Crippen LogP contribution in [0.4, 0.5) is 0 Å². The molecule has 5 heteroatoms. The van der Waals surface area contributed by atoms with Gasteiger partial charge in [0.2, 0.25) is 0 Å². The molecule has 3 aromatic rings. The Balaban J connectivity index is 1.49. The van der Waals surface area contributed by atoms with Gasteiger partial charge in [-0.05, 0) is 36.6 Å². The van der Waals surface area contributed by atoms with Crippen molar-refractivity contribution >= 4 is 11.0 Å². The smallest absolute Gasteiger partial charge is 0.146 e. The van der Waals surface area contributed by atoms with Crippen LogP contribution in [0.5, 0.6) is 11.5 Å². The standard InChI is InChI=1S/C23H31N3O2/c1-3-4-5-6-7-10-18(2)15-16-28-19-13-14-22(23(27)17-19)26-24-20-11-8-9-12-21(20)25-26/h8-9,11-14,17-18,27H,3-7,10,15-16H2,1-2H3. The number of benzene rings is 2. The SMILES string of the molecule is CCCCCCCC(C)CCOc1ccc(-n2nc3ccccc3n2)c(O)c1. The fourth-order valence-corrected chi connectivity index (χ4v) is 3.35. The van der Waals surface area contributed by atoms with Crippen molar-refractivity contribution in [2.24, 2.45) is 5.92 Å². The van der Waals surface area contributed by atoms with Gasteiger partial charge in [-0.3, -0.25) is 0 Å². The number of nitrogens with zero attached hydrogens (tertiary/aromatic N) is 3. The lowest BCUT2D eigenvalue weighted by molar-refractivity contribution is 0.275. The Kier molecular flexibility index (Phi) is 7.29. The molecule has 0 saturated heterocycles. The number of rotatable bonds is 11. The zero-order valence-electron chi connectivity index (χ0n) is 17.0. The van der Waals surface area contributed by atoms with Gasteiger partial charge in [0.25, 0.3) is 0 Å². The first-order valence-corrected chi connectivity index (χ1v) is 10.5. The van der Waals surface area contributed by atoms with Crippen molar-refractivity contribution in [2.75, 3.05) is 6.61 Å². The van der Waals surface area contributed by atoms with Crippen LogP contribution < -0.4 is 4.74 Å². The number of aromatic nitrogens is 3. The summed E-state index contributed by atoms with van der Waals surface area (Å²) in [4.78, 5) is 1.46. The summed E-state index contributed by atoms with van der Waals surface area (Å²) in [5.41, 5.74) is 2.14. The molecule has 1 N–H and O–H groups in total. The minimum Gasteiger partial charge on any atom is -0.505 e. The molecule has 2 aromatic carbocycles. The molecule has 0 radical (unpaired) electrons. The van der Waals surface area contributed by atoms with Crippen molar-refractivity contribution < 1.29 is 9.84 Å². The molecule has 3 rings (SSSR count). The highest BCUT2D eigenvalue weighted by atomic mass is 16.5. The molecular weight excluding hydrogens is 350 g/mol. The van der Waals surface area contributed by atoms with E-state index >= 15 is 0 Å². The van der Waals surface area contributed by atoms with Gasteiger partial charge >= 0.3 is 0 Å². The molecule has 0 spiro atoms. The number of phenolic OH excluding ortho intramolecular Hbond substituents is 1. The average molecular weight is 382 g/mol. The first-order valence-electron chi connectivity index (χ1n) is 10.5. The predicted molar refractivity (Wildman–Crippen MR) is 113 cm³/mol. The van der Waals surface area contributed by atoms with E-state index in [1.54, 1.807) is 12.1 Å². The van der Waals surface area contributed by atoms with Crippen LogP contribution in [0.2, 0.25) is 0 Å². The van der Waals surface area contributed by atoms with Crippen LogP contribution in [-0.2, 0) is 0 Å². The summed E-state index contributed by atoms with van der Waals surface area (Å²) in [7, 11) is 0. The highest BCUT2D eigenvalue weighted by Gasteiger charge is 2.10. The number of hydrogen-bond acceptors (Lipinski definition) is 4. The van der Waals surface area contributed by atoms with Crippen LogP contribution in [0.15, 0.2) is 42.5 Å². The molecule has 28 heavy (non-hydrogen) atoms. The lowest BCUT2D eigenvalue weighted by Gasteiger charge is -2.13. The van der Waals surface area contributed by atoms with E-state index < -0.39 is 0 Å². The van der Waals surface area contributed by atoms with Crippen molar-refractivity contribution in [1.29, 1.82) is 0 Å². The molecule has 0 saturated carbocycles. The highest BCUT2D eigenvalue weighted by Crippen LogP contribution is 2.27. The molecule has 0 aliphatic rings. The van der Waals surface area contributed by atoms with Gasteiger partial charge in [-0.15, -0.1) is 15.0 Å². The fourth-order valence-electron chi connectivity index (χ4n) is 3.35. The Labute approximate surface area is 167 Å². The molecule has 1 heterocycles. The number of fused-ring (bicyclic) bond motifs is 1. The van der Waals surface area contributed by atoms with Gasteiger partial charge in [-0.25, -0.2) is 0 Å². The molecule has 1 unspecified atom stereocenters. The summed E-state index contributed by atoms with van der Waals surface area (Å²) >= 11 is 0. The topological polar surface area (TPSA) is 60.2 Å². The normalized spacial score (nSPS) is 12.4. The van der Waals surface area contributed by atoms with Gasteiger partial charge < -0.3 is 9.84 Å². The second-order valence-corrected chi connectivity index (χ2v) is 7.57. The van der Waals surface area contributed by atoms with Gasteiger partial charge in [0.15, 0.2) is 0 Å². The van der Waals surface area contributed by atoms with E-state index in [1.165, 1.54) is 43.3 Å². The molecule has 0 aliphatic carbocycles. The van der Waals surface area contributed by atoms with E-state index in [1.807, 2.05) is 30.3 Å². The molecule has 1 atom stereocenters. The molecule has 1 aromatic heterocycles. The van der Waals surface area contributed by atoms with Crippen LogP contribution in [0, 0.1) is 5.92 Å². The fraction of sp³-hybridized carbons (Fsp3) is 0.478. The first kappa shape index (κ1) is 20.2. The van der Waals surface area contributed by atoms with Crippen molar-refractivity contribution in [3.05, 3.63) is 42.5 Å². The van der Waals surface area contributed by atoms with E-state index in [4.69, 9.17) is 4.74 Å². The largest absolute Gasteiger partial charge is 0.505 e. The van der Waals surface area contributed by atoms with Gasteiger partial charge in [-0.2, -0.15) is 0 Å². The minimum absolute atomic E-state index is 0.113. The maximum atomic E-state index is 10.4. The van der Waals surface area contributed by atoms with E-state index in [-0.39, 0.29) is 5.75 Å². The number of unbranched alkanes of at least 4 members (excludes halogenated alkanes) is 4. The number of aromatic hydroxyl groups is 1. The highest BCUT2D eigenvalue weighted by molar-refractivity contribution is 5.73. The van der Waals surface area contributed by atoms with Crippen LogP contribution in [-0.4, -0.2) is 26.7 Å². The second kappa shape index (κ2) is 10.1. The first-order chi connectivity index (χ1) is 13.7. The van der Waals surface area contributed by atoms with Crippen molar-refractivity contribution in [2.45, 2.75) is 58.8 Å². The summed E-state index contributed by atoms with van der Waals surface area (Å²) in [6.45, 7) is 5.20. The third-order valence-corrected chi connectivity index (χ3v) is 5.13. The molecule has 0 amide bonds. The van der Waals surface area contributed by atoms with Crippen molar-refractivity contribution in [3.63, 3.8) is 0 Å². The third kappa shape index (κ3) is 5.47. The number of phenols is 1. The van der Waals surface area contributed by atoms with Gasteiger partial charge in [0, 0.05) is 6.07 Å². The maximum absolute atomic E-state index is 10.4. The third-order valence-electron chi connectivity index (χ3n) is 5.13. The lowest BCUT2D eigenvalue weighted by atomic mass is 9.99. The minimum atomic E-state index is 0.113. The van der Waals surface area contributed by atoms with Crippen LogP contribution in [0.3, 0.4) is 0 Å². The molecule has 5 nitrogen and oxygen atoms in total. The summed E-state index contributed by atoms with van der Waals surface area (Å²) < 4.78 is 5.84. The molecule has 0 aliphatic heterocycles. The van der Waals surface area contributed by atoms with E-state index in [0.29, 0.717) is 24.0 Å². The maximum Gasteiger partial charge on any atom is 0.146 e. The summed E-state index contributed by atoms with van der Waals surface area (Å²) in [6.07, 6.45) is 8.93. The van der Waals surface area contributed by atoms with E-state index in [9.17, 15) is 5.11 Å². The zero-order chi connectivity index (χ0) is 19.8. The zero-order valence-corrected chi connectivity index (χ0v) is 17.0. The van der Waals surface area contributed by atoms with E-state index in [0.717, 1.165) is 17.5 Å². The molecule has 0 fully saturated rings. The van der Waals surface area contributed by atoms with Gasteiger partial charge in [0.1, 0.15) is 28.2 Å². The van der Waals surface area contributed by atoms with Crippen molar-refractivity contribution in [3.8, 4) is 17.2 Å². The van der Waals surface area contributed by atoms with Gasteiger partial charge in [0.05, 0.1) is 6.61 Å². The summed E-state index contributed by atoms with van der Waals surface area (Å²) in [6, 6.07) is 12.9. The predicted octanol–water partition coefficient (Wildman–Crippen LogP) is 5.89. The Hall–Kier alpha value is -2.56. The average Bonchev–Trinajstić information content (AvgIpc) is 3.12. The summed E-state index contributed by atoms with van der Waals surface area (Å²) in [5.74, 6) is 1.45. The molecular formula is C23H31N3O2. The Morgan fingerprint density at radius 1 is 0.964 bits per heavy atom. The second-order valence-electron chi connectivity index (χ2n) is 7.57. The van der Waals surface area contributed by atoms with Crippen LogP contribution >= 0.6 is 0 Å². The monoisotopic (exact) mass is 381 g/mol. The Morgan fingerprint density at radius 3 is 2.36 bits per heavy atom. The van der Waals surface area contributed by atoms with Gasteiger partial charge in [-0.1, -0.05) is 64.5 Å². The Bertz CT molecular complexity index is 842. The molecule has 0 bridgehead atoms. The number of hydrogen-bond donors (Lipinski definition) is 1. The summed E-state index contributed by atoms with van der Waals surface area (Å²) in [5, 5.41) is 19.2. The van der Waals surface area contributed by atoms with Crippen LogP contribution in [0.1, 0.15) is 58.8 Å². The van der Waals surface area contributed by atoms with Crippen LogP contribution in [0.25, 0.3) is 16.7 Å². The Morgan fingerprint density at radius 2 is 1.68 bits per heavy atom. The number of ether oxygens (including phenoxy) is 1. The lowest BCUT2D eigenvalue weighted by Crippen LogP contribution is -2.05. The van der Waals surface area contributed by atoms with Crippen molar-refractivity contribution in [1.82, 2.24) is 15.0 Å². The quantitative estimate of drug-likeness (QED) is 0.421. The molecule has 150 valence electrons. The van der Waals surface area contributed by atoms with E-state index in [2.05, 4.69) is 24.0 Å².